The minimum absolute atomic E-state index is 1.02. The Kier molecular flexibility index (Phi) is 1.76. The van der Waals surface area contributed by atoms with E-state index in [-0.39, 0.29) is 0 Å². The first-order valence-electron chi connectivity index (χ1n) is 4.83. The van der Waals surface area contributed by atoms with Crippen LogP contribution < -0.4 is 0 Å². The maximum absolute atomic E-state index is 4.36. The maximum atomic E-state index is 4.36. The lowest BCUT2D eigenvalue weighted by Crippen LogP contribution is -1.81. The Bertz CT molecular complexity index is 655. The number of benzene rings is 2. The summed E-state index contributed by atoms with van der Waals surface area (Å²) in [6.45, 7) is 2.12. The summed E-state index contributed by atoms with van der Waals surface area (Å²) in [6.07, 6.45) is 1.93. The molecule has 0 spiro atoms. The van der Waals surface area contributed by atoms with Crippen LogP contribution in [0.5, 0.6) is 0 Å². The Morgan fingerprint density at radius 3 is 2.73 bits per heavy atom. The van der Waals surface area contributed by atoms with Crippen LogP contribution in [-0.4, -0.2) is 9.19 Å². The van der Waals surface area contributed by atoms with Crippen molar-refractivity contribution < 1.29 is 0 Å². The highest BCUT2D eigenvalue weighted by molar-refractivity contribution is 7.78. The molecule has 0 aliphatic rings. The summed E-state index contributed by atoms with van der Waals surface area (Å²) < 4.78 is 1.57. The van der Waals surface area contributed by atoms with E-state index >= 15 is 0 Å². The van der Waals surface area contributed by atoms with Gasteiger partial charge in [0, 0.05) is 17.0 Å². The molecule has 3 rings (SSSR count). The van der Waals surface area contributed by atoms with Gasteiger partial charge < -0.3 is 0 Å². The average Bonchev–Trinajstić information content (AvgIpc) is 2.59. The standard InChI is InChI=1S/C12H10N2S/c1-8-6-9-7-14(15)13-12(9)11-5-3-2-4-10(8)11/h2-7,15H,1H3. The van der Waals surface area contributed by atoms with E-state index in [0.717, 1.165) is 10.9 Å². The third kappa shape index (κ3) is 1.23. The second-order valence-corrected chi connectivity index (χ2v) is 4.14. The van der Waals surface area contributed by atoms with Crippen LogP contribution in [0.2, 0.25) is 0 Å². The summed E-state index contributed by atoms with van der Waals surface area (Å²) in [5, 5.41) is 7.96. The summed E-state index contributed by atoms with van der Waals surface area (Å²) in [4.78, 5) is 0. The molecule has 74 valence electrons. The number of hydrogen-bond donors (Lipinski definition) is 1. The molecule has 15 heavy (non-hydrogen) atoms. The zero-order valence-electron chi connectivity index (χ0n) is 8.31. The van der Waals surface area contributed by atoms with Crippen molar-refractivity contribution in [1.82, 2.24) is 9.19 Å². The minimum Gasteiger partial charge on any atom is -0.216 e. The van der Waals surface area contributed by atoms with Gasteiger partial charge in [0.05, 0.1) is 0 Å². The Hall–Kier alpha value is -1.48. The van der Waals surface area contributed by atoms with E-state index < -0.39 is 0 Å². The molecule has 0 radical (unpaired) electrons. The lowest BCUT2D eigenvalue weighted by atomic mass is 10.0. The molecule has 0 saturated heterocycles. The number of nitrogens with zero attached hydrogens (tertiary/aromatic N) is 2. The SMILES string of the molecule is Cc1cc2cn(S)nc2c2ccccc12. The zero-order chi connectivity index (χ0) is 10.4. The molecule has 0 fully saturated rings. The molecule has 0 aliphatic heterocycles. The number of rotatable bonds is 0. The highest BCUT2D eigenvalue weighted by Crippen LogP contribution is 2.27. The molecule has 0 unspecified atom stereocenters. The fourth-order valence-corrected chi connectivity index (χ4v) is 2.25. The highest BCUT2D eigenvalue weighted by atomic mass is 32.1. The van der Waals surface area contributed by atoms with Crippen LogP contribution in [0.1, 0.15) is 5.56 Å². The van der Waals surface area contributed by atoms with Crippen LogP contribution in [0.15, 0.2) is 36.5 Å². The van der Waals surface area contributed by atoms with Crippen LogP contribution in [0.3, 0.4) is 0 Å². The smallest absolute Gasteiger partial charge is 0.101 e. The number of aryl methyl sites for hydroxylation is 1. The molecule has 0 saturated carbocycles. The van der Waals surface area contributed by atoms with Crippen LogP contribution in [-0.2, 0) is 0 Å². The van der Waals surface area contributed by atoms with Crippen molar-refractivity contribution in [1.29, 1.82) is 0 Å². The average molecular weight is 214 g/mol. The predicted molar refractivity (Wildman–Crippen MR) is 66.4 cm³/mol. The summed E-state index contributed by atoms with van der Waals surface area (Å²) in [7, 11) is 0. The van der Waals surface area contributed by atoms with Crippen LogP contribution in [0.25, 0.3) is 21.7 Å². The van der Waals surface area contributed by atoms with Gasteiger partial charge in [-0.15, -0.1) is 0 Å². The van der Waals surface area contributed by atoms with Crippen LogP contribution >= 0.6 is 12.8 Å². The number of thiol groups is 1. The lowest BCUT2D eigenvalue weighted by Gasteiger charge is -2.01. The Balaban J connectivity index is 2.62. The number of aromatic nitrogens is 2. The van der Waals surface area contributed by atoms with Crippen LogP contribution in [0, 0.1) is 6.92 Å². The molecule has 1 aromatic heterocycles. The van der Waals surface area contributed by atoms with Crippen molar-refractivity contribution in [3.05, 3.63) is 42.1 Å². The molecule has 0 bridgehead atoms. The van der Waals surface area contributed by atoms with Gasteiger partial charge in [0.2, 0.25) is 0 Å². The minimum atomic E-state index is 1.02. The third-order valence-corrected chi connectivity index (χ3v) is 2.91. The largest absolute Gasteiger partial charge is 0.216 e. The molecule has 2 nitrogen and oxygen atoms in total. The summed E-state index contributed by atoms with van der Waals surface area (Å²) >= 11 is 4.21. The van der Waals surface area contributed by atoms with E-state index in [1.807, 2.05) is 12.3 Å². The maximum Gasteiger partial charge on any atom is 0.101 e. The molecular weight excluding hydrogens is 204 g/mol. The Morgan fingerprint density at radius 2 is 1.93 bits per heavy atom. The van der Waals surface area contributed by atoms with Crippen LogP contribution in [0.4, 0.5) is 0 Å². The molecule has 1 heterocycles. The Morgan fingerprint density at radius 1 is 1.20 bits per heavy atom. The summed E-state index contributed by atoms with van der Waals surface area (Å²) in [5.41, 5.74) is 2.30. The topological polar surface area (TPSA) is 17.8 Å². The number of hydrogen-bond acceptors (Lipinski definition) is 2. The Labute approximate surface area is 93.1 Å². The summed E-state index contributed by atoms with van der Waals surface area (Å²) in [6, 6.07) is 10.5. The van der Waals surface area contributed by atoms with Gasteiger partial charge in [-0.05, 0) is 36.8 Å². The second-order valence-electron chi connectivity index (χ2n) is 3.73. The molecule has 0 aliphatic carbocycles. The van der Waals surface area contributed by atoms with Gasteiger partial charge >= 0.3 is 0 Å². The first-order chi connectivity index (χ1) is 7.25. The van der Waals surface area contributed by atoms with E-state index in [0.29, 0.717) is 0 Å². The van der Waals surface area contributed by atoms with E-state index in [1.54, 1.807) is 4.09 Å². The van der Waals surface area contributed by atoms with Gasteiger partial charge in [-0.2, -0.15) is 5.10 Å². The van der Waals surface area contributed by atoms with Gasteiger partial charge in [-0.3, -0.25) is 0 Å². The normalized spacial score (nSPS) is 11.3. The molecule has 2 aromatic carbocycles. The van der Waals surface area contributed by atoms with Crippen molar-refractivity contribution in [2.24, 2.45) is 0 Å². The van der Waals surface area contributed by atoms with E-state index in [2.05, 4.69) is 49.1 Å². The second kappa shape index (κ2) is 3.00. The predicted octanol–water partition coefficient (Wildman–Crippen LogP) is 3.19. The van der Waals surface area contributed by atoms with Crippen molar-refractivity contribution in [2.75, 3.05) is 0 Å². The van der Waals surface area contributed by atoms with Gasteiger partial charge in [-0.1, -0.05) is 24.3 Å². The van der Waals surface area contributed by atoms with Crippen molar-refractivity contribution in [3.8, 4) is 0 Å². The van der Waals surface area contributed by atoms with Crippen molar-refractivity contribution in [2.45, 2.75) is 6.92 Å². The van der Waals surface area contributed by atoms with Gasteiger partial charge in [0.15, 0.2) is 0 Å². The summed E-state index contributed by atoms with van der Waals surface area (Å²) in [5.74, 6) is 0. The van der Waals surface area contributed by atoms with Crippen molar-refractivity contribution >= 4 is 34.5 Å². The lowest BCUT2D eigenvalue weighted by molar-refractivity contribution is 1.05. The fraction of sp³-hybridized carbons (Fsp3) is 0.0833. The third-order valence-electron chi connectivity index (χ3n) is 2.71. The quantitative estimate of drug-likeness (QED) is 0.569. The monoisotopic (exact) mass is 214 g/mol. The first-order valence-corrected chi connectivity index (χ1v) is 5.23. The fourth-order valence-electron chi connectivity index (χ4n) is 2.03. The van der Waals surface area contributed by atoms with E-state index in [1.165, 1.54) is 16.3 Å². The molecule has 0 amide bonds. The molecule has 3 aromatic rings. The van der Waals surface area contributed by atoms with Gasteiger partial charge in [0.25, 0.3) is 0 Å². The van der Waals surface area contributed by atoms with E-state index in [4.69, 9.17) is 0 Å². The number of fused-ring (bicyclic) bond motifs is 3. The van der Waals surface area contributed by atoms with Gasteiger partial charge in [-0.25, -0.2) is 4.09 Å². The molecule has 0 N–H and O–H groups in total. The highest BCUT2D eigenvalue weighted by Gasteiger charge is 2.06. The molecular formula is C12H10N2S. The first kappa shape index (κ1) is 8.80. The zero-order valence-corrected chi connectivity index (χ0v) is 9.20. The van der Waals surface area contributed by atoms with Crippen molar-refractivity contribution in [3.63, 3.8) is 0 Å². The van der Waals surface area contributed by atoms with E-state index in [9.17, 15) is 0 Å². The molecule has 3 heteroatoms. The molecule has 0 atom stereocenters. The van der Waals surface area contributed by atoms with Gasteiger partial charge in [0.1, 0.15) is 5.52 Å².